The van der Waals surface area contributed by atoms with E-state index in [1.807, 2.05) is 0 Å². The highest BCUT2D eigenvalue weighted by molar-refractivity contribution is 7.79. The standard InChI is InChI=1S/C8H11N3O4S/c12-6(13)5-2-1-3-10-7(14)9(4-16)8(15)11(5)10/h5,16H,1-4H2,(H,12,13). The summed E-state index contributed by atoms with van der Waals surface area (Å²) in [6, 6.07) is -0.949. The summed E-state index contributed by atoms with van der Waals surface area (Å²) < 4.78 is 3.12. The molecular formula is C8H11N3O4S. The van der Waals surface area contributed by atoms with Crippen LogP contribution >= 0.6 is 12.6 Å². The molecule has 0 saturated carbocycles. The molecule has 0 aliphatic carbocycles. The smallest absolute Gasteiger partial charge is 0.348 e. The van der Waals surface area contributed by atoms with Gasteiger partial charge in [0.25, 0.3) is 0 Å². The number of aliphatic carboxylic acids is 1. The van der Waals surface area contributed by atoms with Gasteiger partial charge in [-0.3, -0.25) is 0 Å². The van der Waals surface area contributed by atoms with E-state index in [-0.39, 0.29) is 5.88 Å². The van der Waals surface area contributed by atoms with Crippen LogP contribution in [0.15, 0.2) is 9.59 Å². The van der Waals surface area contributed by atoms with Crippen molar-refractivity contribution in [3.8, 4) is 0 Å². The number of hydrogen-bond acceptors (Lipinski definition) is 4. The molecule has 16 heavy (non-hydrogen) atoms. The van der Waals surface area contributed by atoms with Gasteiger partial charge in [0, 0.05) is 6.54 Å². The molecular weight excluding hydrogens is 234 g/mol. The average molecular weight is 245 g/mol. The molecule has 1 N–H and O–H groups in total. The normalized spacial score (nSPS) is 19.4. The van der Waals surface area contributed by atoms with E-state index in [2.05, 4.69) is 12.6 Å². The van der Waals surface area contributed by atoms with Gasteiger partial charge in [0.05, 0.1) is 5.88 Å². The molecule has 2 heterocycles. The van der Waals surface area contributed by atoms with Crippen LogP contribution in [0.2, 0.25) is 0 Å². The molecule has 1 atom stereocenters. The summed E-state index contributed by atoms with van der Waals surface area (Å²) in [5.74, 6) is -1.14. The third-order valence-corrected chi connectivity index (χ3v) is 2.99. The van der Waals surface area contributed by atoms with E-state index in [0.29, 0.717) is 19.4 Å². The van der Waals surface area contributed by atoms with E-state index in [9.17, 15) is 14.4 Å². The molecule has 1 aromatic heterocycles. The Hall–Kier alpha value is -1.44. The van der Waals surface area contributed by atoms with Gasteiger partial charge in [-0.25, -0.2) is 28.3 Å². The van der Waals surface area contributed by atoms with Gasteiger partial charge < -0.3 is 5.11 Å². The summed E-state index contributed by atoms with van der Waals surface area (Å²) in [6.07, 6.45) is 0.943. The zero-order chi connectivity index (χ0) is 11.9. The number of thiol groups is 1. The summed E-state index contributed by atoms with van der Waals surface area (Å²) in [6.45, 7) is 0.374. The minimum Gasteiger partial charge on any atom is -0.480 e. The Morgan fingerprint density at radius 3 is 2.69 bits per heavy atom. The first kappa shape index (κ1) is 11.1. The number of rotatable bonds is 2. The number of carboxylic acids is 1. The first-order valence-corrected chi connectivity index (χ1v) is 5.47. The second kappa shape index (κ2) is 3.85. The molecule has 88 valence electrons. The van der Waals surface area contributed by atoms with E-state index >= 15 is 0 Å². The van der Waals surface area contributed by atoms with E-state index in [1.54, 1.807) is 0 Å². The van der Waals surface area contributed by atoms with Crippen molar-refractivity contribution in [1.29, 1.82) is 0 Å². The van der Waals surface area contributed by atoms with Crippen molar-refractivity contribution in [3.05, 3.63) is 21.0 Å². The Morgan fingerprint density at radius 2 is 2.12 bits per heavy atom. The van der Waals surface area contributed by atoms with Gasteiger partial charge in [0.2, 0.25) is 0 Å². The maximum Gasteiger partial charge on any atom is 0.348 e. The largest absolute Gasteiger partial charge is 0.480 e. The van der Waals surface area contributed by atoms with Crippen LogP contribution in [-0.2, 0) is 17.2 Å². The van der Waals surface area contributed by atoms with Crippen LogP contribution in [-0.4, -0.2) is 25.0 Å². The number of carboxylic acid groups (broad SMARTS) is 1. The summed E-state index contributed by atoms with van der Waals surface area (Å²) in [5.41, 5.74) is -1.10. The zero-order valence-corrected chi connectivity index (χ0v) is 9.26. The van der Waals surface area contributed by atoms with Gasteiger partial charge in [0.1, 0.15) is 0 Å². The summed E-state index contributed by atoms with van der Waals surface area (Å²) in [5, 5.41) is 8.98. The number of hydrogen-bond donors (Lipinski definition) is 2. The first-order chi connectivity index (χ1) is 7.57. The lowest BCUT2D eigenvalue weighted by Gasteiger charge is -2.21. The average Bonchev–Trinajstić information content (AvgIpc) is 2.51. The molecule has 1 aliphatic rings. The van der Waals surface area contributed by atoms with Crippen molar-refractivity contribution in [1.82, 2.24) is 13.9 Å². The fraction of sp³-hybridized carbons (Fsp3) is 0.625. The third-order valence-electron chi connectivity index (χ3n) is 2.71. The van der Waals surface area contributed by atoms with Crippen molar-refractivity contribution in [2.24, 2.45) is 0 Å². The Balaban J connectivity index is 2.70. The van der Waals surface area contributed by atoms with Crippen LogP contribution in [0, 0.1) is 0 Å². The van der Waals surface area contributed by atoms with Crippen molar-refractivity contribution in [3.63, 3.8) is 0 Å². The fourth-order valence-electron chi connectivity index (χ4n) is 1.95. The summed E-state index contributed by atoms with van der Waals surface area (Å²) >= 11 is 3.88. The minimum absolute atomic E-state index is 0.0446. The molecule has 0 radical (unpaired) electrons. The van der Waals surface area contributed by atoms with Crippen LogP contribution in [0.1, 0.15) is 18.9 Å². The minimum atomic E-state index is -1.09. The molecule has 7 nitrogen and oxygen atoms in total. The molecule has 0 aromatic carbocycles. The molecule has 0 amide bonds. The SMILES string of the molecule is O=C(O)C1CCCn2c(=O)n(CS)c(=O)n21. The van der Waals surface area contributed by atoms with Crippen LogP contribution < -0.4 is 11.4 Å². The second-order valence-corrected chi connectivity index (χ2v) is 3.88. The molecule has 8 heteroatoms. The lowest BCUT2D eigenvalue weighted by atomic mass is 10.1. The number of aromatic nitrogens is 3. The maximum absolute atomic E-state index is 11.8. The van der Waals surface area contributed by atoms with E-state index in [4.69, 9.17) is 5.11 Å². The van der Waals surface area contributed by atoms with E-state index < -0.39 is 23.4 Å². The Bertz CT molecular complexity index is 540. The number of carbonyl (C=O) groups is 1. The predicted octanol–water partition coefficient (Wildman–Crippen LogP) is -0.882. The third kappa shape index (κ3) is 1.41. The zero-order valence-electron chi connectivity index (χ0n) is 8.37. The van der Waals surface area contributed by atoms with Crippen molar-refractivity contribution >= 4 is 18.6 Å². The summed E-state index contributed by atoms with van der Waals surface area (Å²) in [7, 11) is 0. The van der Waals surface area contributed by atoms with E-state index in [1.165, 1.54) is 4.68 Å². The summed E-state index contributed by atoms with van der Waals surface area (Å²) in [4.78, 5) is 34.4. The molecule has 0 saturated heterocycles. The first-order valence-electron chi connectivity index (χ1n) is 4.83. The highest BCUT2D eigenvalue weighted by Gasteiger charge is 2.30. The van der Waals surface area contributed by atoms with Crippen LogP contribution in [0.3, 0.4) is 0 Å². The highest BCUT2D eigenvalue weighted by atomic mass is 32.1. The molecule has 2 rings (SSSR count). The molecule has 1 aliphatic heterocycles. The van der Waals surface area contributed by atoms with Gasteiger partial charge in [-0.1, -0.05) is 0 Å². The Kier molecular flexibility index (Phi) is 2.66. The van der Waals surface area contributed by atoms with Gasteiger partial charge >= 0.3 is 17.3 Å². The number of nitrogens with zero attached hydrogens (tertiary/aromatic N) is 3. The molecule has 0 fully saturated rings. The Labute approximate surface area is 95.3 Å². The predicted molar refractivity (Wildman–Crippen MR) is 57.8 cm³/mol. The maximum atomic E-state index is 11.8. The van der Waals surface area contributed by atoms with Crippen molar-refractivity contribution in [2.45, 2.75) is 31.3 Å². The molecule has 0 spiro atoms. The van der Waals surface area contributed by atoms with Crippen molar-refractivity contribution < 1.29 is 9.90 Å². The lowest BCUT2D eigenvalue weighted by molar-refractivity contribution is -0.142. The van der Waals surface area contributed by atoms with Gasteiger partial charge in [-0.05, 0) is 12.8 Å². The quantitative estimate of drug-likeness (QED) is 0.662. The fourth-order valence-corrected chi connectivity index (χ4v) is 2.19. The highest BCUT2D eigenvalue weighted by Crippen LogP contribution is 2.16. The molecule has 1 aromatic rings. The van der Waals surface area contributed by atoms with Crippen LogP contribution in [0.5, 0.6) is 0 Å². The van der Waals surface area contributed by atoms with Crippen LogP contribution in [0.25, 0.3) is 0 Å². The van der Waals surface area contributed by atoms with Gasteiger partial charge in [0.15, 0.2) is 6.04 Å². The van der Waals surface area contributed by atoms with Crippen molar-refractivity contribution in [2.75, 3.05) is 0 Å². The van der Waals surface area contributed by atoms with Gasteiger partial charge in [-0.2, -0.15) is 12.6 Å². The molecule has 0 bridgehead atoms. The van der Waals surface area contributed by atoms with Gasteiger partial charge in [-0.15, -0.1) is 0 Å². The van der Waals surface area contributed by atoms with Crippen LogP contribution in [0.4, 0.5) is 0 Å². The topological polar surface area (TPSA) is 86.2 Å². The second-order valence-electron chi connectivity index (χ2n) is 3.60. The molecule has 1 unspecified atom stereocenters. The lowest BCUT2D eigenvalue weighted by Crippen LogP contribution is -2.38. The van der Waals surface area contributed by atoms with E-state index in [0.717, 1.165) is 9.25 Å². The monoisotopic (exact) mass is 245 g/mol. The Morgan fingerprint density at radius 1 is 1.44 bits per heavy atom. The number of fused-ring (bicyclic) bond motifs is 1.